The summed E-state index contributed by atoms with van der Waals surface area (Å²) in [5, 5.41) is 4.99. The van der Waals surface area contributed by atoms with Crippen molar-refractivity contribution in [2.75, 3.05) is 5.32 Å². The zero-order valence-corrected chi connectivity index (χ0v) is 10.7. The molecule has 0 saturated carbocycles. The molecule has 0 atom stereocenters. The number of hydrogen-bond acceptors (Lipinski definition) is 5. The van der Waals surface area contributed by atoms with Crippen LogP contribution in [0.1, 0.15) is 10.4 Å². The van der Waals surface area contributed by atoms with Crippen molar-refractivity contribution >= 4 is 33.5 Å². The molecule has 0 unspecified atom stereocenters. The first kappa shape index (κ1) is 11.7. The van der Waals surface area contributed by atoms with E-state index >= 15 is 0 Å². The second-order valence-corrected chi connectivity index (χ2v) is 4.80. The summed E-state index contributed by atoms with van der Waals surface area (Å²) in [6.45, 7) is 0. The minimum absolute atomic E-state index is 0.273. The fourth-order valence-electron chi connectivity index (χ4n) is 1.72. The van der Waals surface area contributed by atoms with Crippen LogP contribution in [0.15, 0.2) is 39.0 Å². The molecule has 1 amide bonds. The molecule has 1 N–H and O–H groups in total. The lowest BCUT2D eigenvalue weighted by molar-refractivity contribution is 0.102. The SMILES string of the molecule is Cn1c(=O)oc2ccc(C(=O)Nc3nccs3)cc21. The summed E-state index contributed by atoms with van der Waals surface area (Å²) in [5.74, 6) is -0.724. The van der Waals surface area contributed by atoms with Crippen molar-refractivity contribution in [3.05, 3.63) is 45.9 Å². The van der Waals surface area contributed by atoms with E-state index in [0.717, 1.165) is 0 Å². The third-order valence-corrected chi connectivity index (χ3v) is 3.39. The molecule has 0 aliphatic rings. The molecular weight excluding hydrogens is 266 g/mol. The maximum atomic E-state index is 12.0. The second-order valence-electron chi connectivity index (χ2n) is 3.90. The molecule has 1 aromatic carbocycles. The smallest absolute Gasteiger partial charge is 0.408 e. The number of fused-ring (bicyclic) bond motifs is 1. The molecule has 7 heteroatoms. The van der Waals surface area contributed by atoms with Crippen molar-refractivity contribution in [2.45, 2.75) is 0 Å². The topological polar surface area (TPSA) is 77.1 Å². The Morgan fingerprint density at radius 3 is 3.05 bits per heavy atom. The van der Waals surface area contributed by atoms with Gasteiger partial charge in [0.2, 0.25) is 0 Å². The summed E-state index contributed by atoms with van der Waals surface area (Å²) >= 11 is 1.34. The molecule has 0 aliphatic carbocycles. The van der Waals surface area contributed by atoms with Crippen LogP contribution in [0.25, 0.3) is 11.1 Å². The average molecular weight is 275 g/mol. The van der Waals surface area contributed by atoms with Gasteiger partial charge in [0.25, 0.3) is 5.91 Å². The molecule has 0 radical (unpaired) electrons. The summed E-state index contributed by atoms with van der Waals surface area (Å²) < 4.78 is 6.36. The lowest BCUT2D eigenvalue weighted by Gasteiger charge is -2.01. The number of thiazole rings is 1. The zero-order chi connectivity index (χ0) is 13.4. The van der Waals surface area contributed by atoms with Crippen molar-refractivity contribution in [1.29, 1.82) is 0 Å². The van der Waals surface area contributed by atoms with E-state index < -0.39 is 5.76 Å². The van der Waals surface area contributed by atoms with E-state index in [9.17, 15) is 9.59 Å². The lowest BCUT2D eigenvalue weighted by Crippen LogP contribution is -2.12. The van der Waals surface area contributed by atoms with Gasteiger partial charge in [-0.05, 0) is 18.2 Å². The van der Waals surface area contributed by atoms with Gasteiger partial charge in [0.05, 0.1) is 5.52 Å². The number of aryl methyl sites for hydroxylation is 1. The number of amides is 1. The normalized spacial score (nSPS) is 10.8. The number of hydrogen-bond donors (Lipinski definition) is 1. The van der Waals surface area contributed by atoms with Crippen LogP contribution in [0.2, 0.25) is 0 Å². The predicted molar refractivity (Wildman–Crippen MR) is 71.5 cm³/mol. The van der Waals surface area contributed by atoms with Gasteiger partial charge in [0.1, 0.15) is 0 Å². The number of oxazole rings is 1. The largest absolute Gasteiger partial charge is 0.419 e. The highest BCUT2D eigenvalue weighted by molar-refractivity contribution is 7.13. The van der Waals surface area contributed by atoms with E-state index in [-0.39, 0.29) is 5.91 Å². The maximum absolute atomic E-state index is 12.0. The van der Waals surface area contributed by atoms with Gasteiger partial charge < -0.3 is 4.42 Å². The monoisotopic (exact) mass is 275 g/mol. The highest BCUT2D eigenvalue weighted by Gasteiger charge is 2.11. The zero-order valence-electron chi connectivity index (χ0n) is 9.91. The number of nitrogens with zero attached hydrogens (tertiary/aromatic N) is 2. The quantitative estimate of drug-likeness (QED) is 0.774. The Kier molecular flexibility index (Phi) is 2.68. The van der Waals surface area contributed by atoms with Gasteiger partial charge in [0, 0.05) is 24.2 Å². The molecule has 0 fully saturated rings. The third-order valence-electron chi connectivity index (χ3n) is 2.71. The van der Waals surface area contributed by atoms with E-state index in [4.69, 9.17) is 4.42 Å². The molecule has 6 nitrogen and oxygen atoms in total. The number of nitrogens with one attached hydrogen (secondary N) is 1. The van der Waals surface area contributed by atoms with Crippen LogP contribution >= 0.6 is 11.3 Å². The van der Waals surface area contributed by atoms with Gasteiger partial charge in [-0.2, -0.15) is 0 Å². The van der Waals surface area contributed by atoms with Crippen LogP contribution in [-0.2, 0) is 7.05 Å². The van der Waals surface area contributed by atoms with Crippen LogP contribution in [0.5, 0.6) is 0 Å². The van der Waals surface area contributed by atoms with Gasteiger partial charge >= 0.3 is 5.76 Å². The predicted octanol–water partition coefficient (Wildman–Crippen LogP) is 1.84. The molecule has 3 aromatic rings. The van der Waals surface area contributed by atoms with Gasteiger partial charge in [0.15, 0.2) is 10.7 Å². The molecule has 0 bridgehead atoms. The standard InChI is InChI=1S/C12H9N3O3S/c1-15-8-6-7(2-3-9(8)18-12(15)17)10(16)14-11-13-4-5-19-11/h2-6H,1H3,(H,13,14,16). The first-order valence-corrected chi connectivity index (χ1v) is 6.33. The lowest BCUT2D eigenvalue weighted by atomic mass is 10.2. The van der Waals surface area contributed by atoms with E-state index in [2.05, 4.69) is 10.3 Å². The fraction of sp³-hybridized carbons (Fsp3) is 0.0833. The van der Waals surface area contributed by atoms with Crippen LogP contribution in [0, 0.1) is 0 Å². The van der Waals surface area contributed by atoms with Crippen LogP contribution in [0.4, 0.5) is 5.13 Å². The Hall–Kier alpha value is -2.41. The molecule has 3 rings (SSSR count). The third kappa shape index (κ3) is 2.04. The summed E-state index contributed by atoms with van der Waals surface area (Å²) in [4.78, 5) is 27.4. The Balaban J connectivity index is 1.98. The minimum Gasteiger partial charge on any atom is -0.408 e. The molecule has 0 saturated heterocycles. The highest BCUT2D eigenvalue weighted by atomic mass is 32.1. The minimum atomic E-state index is -0.451. The number of aromatic nitrogens is 2. The van der Waals surface area contributed by atoms with E-state index in [1.807, 2.05) is 0 Å². The van der Waals surface area contributed by atoms with Crippen LogP contribution in [0.3, 0.4) is 0 Å². The summed E-state index contributed by atoms with van der Waals surface area (Å²) in [7, 11) is 1.59. The Morgan fingerprint density at radius 1 is 1.47 bits per heavy atom. The highest BCUT2D eigenvalue weighted by Crippen LogP contribution is 2.16. The average Bonchev–Trinajstić information content (AvgIpc) is 2.99. The summed E-state index contributed by atoms with van der Waals surface area (Å²) in [6.07, 6.45) is 1.61. The number of anilines is 1. The molecule has 2 heterocycles. The number of rotatable bonds is 2. The van der Waals surface area contributed by atoms with Gasteiger partial charge in [-0.15, -0.1) is 11.3 Å². The first-order chi connectivity index (χ1) is 9.15. The van der Waals surface area contributed by atoms with E-state index in [1.165, 1.54) is 15.9 Å². The number of carbonyl (C=O) groups is 1. The molecular formula is C12H9N3O3S. The van der Waals surface area contributed by atoms with Gasteiger partial charge in [-0.25, -0.2) is 9.78 Å². The molecule has 19 heavy (non-hydrogen) atoms. The second kappa shape index (κ2) is 4.36. The Bertz CT molecular complexity index is 801. The van der Waals surface area contributed by atoms with Crippen molar-refractivity contribution in [2.24, 2.45) is 7.05 Å². The van der Waals surface area contributed by atoms with Crippen LogP contribution in [-0.4, -0.2) is 15.5 Å². The fourth-order valence-corrected chi connectivity index (χ4v) is 2.25. The van der Waals surface area contributed by atoms with Crippen molar-refractivity contribution in [3.8, 4) is 0 Å². The van der Waals surface area contributed by atoms with Gasteiger partial charge in [-0.3, -0.25) is 14.7 Å². The summed E-state index contributed by atoms with van der Waals surface area (Å²) in [5.41, 5.74) is 1.48. The van der Waals surface area contributed by atoms with Gasteiger partial charge in [-0.1, -0.05) is 0 Å². The number of benzene rings is 1. The Labute approximate surface area is 111 Å². The first-order valence-electron chi connectivity index (χ1n) is 5.45. The molecule has 2 aromatic heterocycles. The maximum Gasteiger partial charge on any atom is 0.419 e. The van der Waals surface area contributed by atoms with Crippen molar-refractivity contribution in [1.82, 2.24) is 9.55 Å². The molecule has 0 aliphatic heterocycles. The van der Waals surface area contributed by atoms with E-state index in [0.29, 0.717) is 21.8 Å². The van der Waals surface area contributed by atoms with Crippen molar-refractivity contribution < 1.29 is 9.21 Å². The molecule has 0 spiro atoms. The summed E-state index contributed by atoms with van der Waals surface area (Å²) in [6, 6.07) is 4.82. The van der Waals surface area contributed by atoms with Crippen molar-refractivity contribution in [3.63, 3.8) is 0 Å². The molecule has 96 valence electrons. The van der Waals surface area contributed by atoms with E-state index in [1.54, 1.807) is 36.8 Å². The Morgan fingerprint density at radius 2 is 2.32 bits per heavy atom. The van der Waals surface area contributed by atoms with Crippen LogP contribution < -0.4 is 11.1 Å². The number of carbonyl (C=O) groups excluding carboxylic acids is 1.